The number of benzene rings is 2. The van der Waals surface area contributed by atoms with Gasteiger partial charge in [-0.25, -0.2) is 0 Å². The molecule has 1 aliphatic heterocycles. The van der Waals surface area contributed by atoms with Crippen LogP contribution in [0.5, 0.6) is 0 Å². The molecule has 1 N–H and O–H groups in total. The summed E-state index contributed by atoms with van der Waals surface area (Å²) in [5.74, 6) is -0.141. The standard InChI is InChI=1S/C21H24ClN3O2/c1-24(2)20(27)21(23-18-10-4-3-5-11-18)12-7-13-25(15-21)19(26)16-8-6-9-17(22)14-16/h3-6,8-11,14,23H,7,12-13,15H2,1-2H3. The lowest BCUT2D eigenvalue weighted by molar-refractivity contribution is -0.135. The van der Waals surface area contributed by atoms with Crippen molar-refractivity contribution in [2.75, 3.05) is 32.5 Å². The van der Waals surface area contributed by atoms with Crippen molar-refractivity contribution < 1.29 is 9.59 Å². The summed E-state index contributed by atoms with van der Waals surface area (Å²) < 4.78 is 0. The molecule has 0 spiro atoms. The van der Waals surface area contributed by atoms with Gasteiger partial charge < -0.3 is 15.1 Å². The molecule has 1 fully saturated rings. The minimum atomic E-state index is -0.850. The highest BCUT2D eigenvalue weighted by molar-refractivity contribution is 6.30. The zero-order chi connectivity index (χ0) is 19.4. The molecule has 6 heteroatoms. The van der Waals surface area contributed by atoms with Gasteiger partial charge in [0.25, 0.3) is 5.91 Å². The Bertz CT molecular complexity index is 825. The Labute approximate surface area is 164 Å². The molecule has 27 heavy (non-hydrogen) atoms. The fourth-order valence-corrected chi connectivity index (χ4v) is 3.78. The highest BCUT2D eigenvalue weighted by Gasteiger charge is 2.44. The lowest BCUT2D eigenvalue weighted by atomic mass is 9.86. The van der Waals surface area contributed by atoms with Crippen molar-refractivity contribution in [3.63, 3.8) is 0 Å². The molecule has 142 valence electrons. The summed E-state index contributed by atoms with van der Waals surface area (Å²) in [5.41, 5.74) is 0.553. The number of amides is 2. The average Bonchev–Trinajstić information content (AvgIpc) is 2.67. The molecule has 1 aliphatic rings. The van der Waals surface area contributed by atoms with E-state index in [0.717, 1.165) is 12.1 Å². The maximum atomic E-state index is 13.1. The SMILES string of the molecule is CN(C)C(=O)C1(Nc2ccccc2)CCCN(C(=O)c2cccc(Cl)c2)C1. The number of hydrogen-bond acceptors (Lipinski definition) is 3. The Hall–Kier alpha value is -2.53. The molecular formula is C21H24ClN3O2. The summed E-state index contributed by atoms with van der Waals surface area (Å²) in [6, 6.07) is 16.6. The average molecular weight is 386 g/mol. The predicted molar refractivity (Wildman–Crippen MR) is 108 cm³/mol. The van der Waals surface area contributed by atoms with E-state index in [4.69, 9.17) is 11.6 Å². The Balaban J connectivity index is 1.89. The number of carbonyl (C=O) groups is 2. The maximum absolute atomic E-state index is 13.1. The van der Waals surface area contributed by atoms with E-state index in [0.29, 0.717) is 30.1 Å². The Morgan fingerprint density at radius 1 is 1.11 bits per heavy atom. The fourth-order valence-electron chi connectivity index (χ4n) is 3.59. The minimum Gasteiger partial charge on any atom is -0.370 e. The number of hydrogen-bond donors (Lipinski definition) is 1. The van der Waals surface area contributed by atoms with Gasteiger partial charge in [0.1, 0.15) is 5.54 Å². The van der Waals surface area contributed by atoms with E-state index in [1.165, 1.54) is 0 Å². The van der Waals surface area contributed by atoms with Crippen LogP contribution in [-0.4, -0.2) is 54.3 Å². The second kappa shape index (κ2) is 8.01. The van der Waals surface area contributed by atoms with E-state index in [-0.39, 0.29) is 11.8 Å². The van der Waals surface area contributed by atoms with Gasteiger partial charge in [0.05, 0.1) is 6.54 Å². The lowest BCUT2D eigenvalue weighted by Gasteiger charge is -2.44. The van der Waals surface area contributed by atoms with Crippen molar-refractivity contribution in [1.29, 1.82) is 0 Å². The summed E-state index contributed by atoms with van der Waals surface area (Å²) in [6.07, 6.45) is 1.41. The van der Waals surface area contributed by atoms with Crippen LogP contribution in [0.2, 0.25) is 5.02 Å². The maximum Gasteiger partial charge on any atom is 0.253 e. The van der Waals surface area contributed by atoms with Crippen molar-refractivity contribution >= 4 is 29.1 Å². The first kappa shape index (κ1) is 19.2. The summed E-state index contributed by atoms with van der Waals surface area (Å²) in [7, 11) is 3.49. The number of nitrogens with one attached hydrogen (secondary N) is 1. The number of likely N-dealkylation sites (N-methyl/N-ethyl adjacent to an activating group) is 1. The molecule has 1 unspecified atom stereocenters. The third kappa shape index (κ3) is 4.25. The minimum absolute atomic E-state index is 0.0325. The summed E-state index contributed by atoms with van der Waals surface area (Å²) in [5, 5.41) is 3.94. The number of likely N-dealkylation sites (tertiary alicyclic amines) is 1. The molecule has 2 amide bonds. The van der Waals surface area contributed by atoms with Crippen molar-refractivity contribution in [2.24, 2.45) is 0 Å². The van der Waals surface area contributed by atoms with E-state index in [2.05, 4.69) is 5.32 Å². The van der Waals surface area contributed by atoms with Crippen LogP contribution in [0.25, 0.3) is 0 Å². The van der Waals surface area contributed by atoms with Gasteiger partial charge in [0.2, 0.25) is 5.91 Å². The predicted octanol–water partition coefficient (Wildman–Crippen LogP) is 3.52. The molecule has 2 aromatic carbocycles. The molecule has 0 aromatic heterocycles. The quantitative estimate of drug-likeness (QED) is 0.876. The number of halogens is 1. The molecule has 1 heterocycles. The van der Waals surface area contributed by atoms with Gasteiger partial charge in [0, 0.05) is 36.9 Å². The molecule has 3 rings (SSSR count). The van der Waals surface area contributed by atoms with Crippen LogP contribution in [0.1, 0.15) is 23.2 Å². The molecule has 5 nitrogen and oxygen atoms in total. The number of nitrogens with zero attached hydrogens (tertiary/aromatic N) is 2. The molecule has 1 atom stereocenters. The van der Waals surface area contributed by atoms with Crippen LogP contribution in [0.4, 0.5) is 5.69 Å². The summed E-state index contributed by atoms with van der Waals surface area (Å²) in [6.45, 7) is 0.925. The Morgan fingerprint density at radius 3 is 2.52 bits per heavy atom. The van der Waals surface area contributed by atoms with Crippen molar-refractivity contribution in [1.82, 2.24) is 9.80 Å². The second-order valence-corrected chi connectivity index (χ2v) is 7.55. The van der Waals surface area contributed by atoms with Gasteiger partial charge in [0.15, 0.2) is 0 Å². The number of piperidine rings is 1. The van der Waals surface area contributed by atoms with Crippen LogP contribution in [0, 0.1) is 0 Å². The highest BCUT2D eigenvalue weighted by Crippen LogP contribution is 2.29. The van der Waals surface area contributed by atoms with Crippen LogP contribution >= 0.6 is 11.6 Å². The molecule has 0 saturated carbocycles. The second-order valence-electron chi connectivity index (χ2n) is 7.11. The summed E-state index contributed by atoms with van der Waals surface area (Å²) in [4.78, 5) is 29.4. The van der Waals surface area contributed by atoms with E-state index >= 15 is 0 Å². The number of anilines is 1. The molecule has 0 bridgehead atoms. The van der Waals surface area contributed by atoms with Crippen molar-refractivity contribution in [3.8, 4) is 0 Å². The monoisotopic (exact) mass is 385 g/mol. The molecule has 0 radical (unpaired) electrons. The zero-order valence-electron chi connectivity index (χ0n) is 15.6. The van der Waals surface area contributed by atoms with Crippen LogP contribution in [-0.2, 0) is 4.79 Å². The number of para-hydroxylation sites is 1. The first-order valence-electron chi connectivity index (χ1n) is 9.01. The largest absolute Gasteiger partial charge is 0.370 e. The highest BCUT2D eigenvalue weighted by atomic mass is 35.5. The van der Waals surface area contributed by atoms with Crippen LogP contribution < -0.4 is 5.32 Å². The topological polar surface area (TPSA) is 52.7 Å². The summed E-state index contributed by atoms with van der Waals surface area (Å²) >= 11 is 6.04. The Kier molecular flexibility index (Phi) is 5.71. The van der Waals surface area contributed by atoms with Gasteiger partial charge >= 0.3 is 0 Å². The number of carbonyl (C=O) groups excluding carboxylic acids is 2. The third-order valence-electron chi connectivity index (χ3n) is 4.82. The van der Waals surface area contributed by atoms with Gasteiger partial charge in [-0.2, -0.15) is 0 Å². The Morgan fingerprint density at radius 2 is 1.85 bits per heavy atom. The molecule has 0 aliphatic carbocycles. The van der Waals surface area contributed by atoms with Crippen LogP contribution in [0.15, 0.2) is 54.6 Å². The van der Waals surface area contributed by atoms with E-state index in [1.54, 1.807) is 48.2 Å². The van der Waals surface area contributed by atoms with Gasteiger partial charge in [-0.15, -0.1) is 0 Å². The first-order chi connectivity index (χ1) is 12.9. The van der Waals surface area contributed by atoms with E-state index < -0.39 is 5.54 Å². The van der Waals surface area contributed by atoms with E-state index in [1.807, 2.05) is 30.3 Å². The molecular weight excluding hydrogens is 362 g/mol. The van der Waals surface area contributed by atoms with Crippen LogP contribution in [0.3, 0.4) is 0 Å². The normalized spacial score (nSPS) is 19.4. The number of rotatable bonds is 4. The van der Waals surface area contributed by atoms with Gasteiger partial charge in [-0.05, 0) is 43.2 Å². The fraction of sp³-hybridized carbons (Fsp3) is 0.333. The van der Waals surface area contributed by atoms with Crippen molar-refractivity contribution in [3.05, 3.63) is 65.2 Å². The zero-order valence-corrected chi connectivity index (χ0v) is 16.4. The van der Waals surface area contributed by atoms with Gasteiger partial charge in [-0.3, -0.25) is 9.59 Å². The lowest BCUT2D eigenvalue weighted by Crippen LogP contribution is -2.62. The van der Waals surface area contributed by atoms with Crippen molar-refractivity contribution in [2.45, 2.75) is 18.4 Å². The molecule has 2 aromatic rings. The first-order valence-corrected chi connectivity index (χ1v) is 9.39. The van der Waals surface area contributed by atoms with Gasteiger partial charge in [-0.1, -0.05) is 35.9 Å². The third-order valence-corrected chi connectivity index (χ3v) is 5.06. The molecule has 1 saturated heterocycles. The smallest absolute Gasteiger partial charge is 0.253 e. The van der Waals surface area contributed by atoms with E-state index in [9.17, 15) is 9.59 Å².